The van der Waals surface area contributed by atoms with Gasteiger partial charge in [0.2, 0.25) is 5.88 Å². The maximum absolute atomic E-state index is 13.3. The summed E-state index contributed by atoms with van der Waals surface area (Å²) in [6.07, 6.45) is 0.834. The zero-order chi connectivity index (χ0) is 24.8. The zero-order valence-corrected chi connectivity index (χ0v) is 20.4. The molecule has 3 aromatic carbocycles. The fraction of sp³-hybridized carbons (Fsp3) is 0.286. The summed E-state index contributed by atoms with van der Waals surface area (Å²) >= 11 is 0. The molecule has 7 heteroatoms. The molecule has 0 bridgehead atoms. The monoisotopic (exact) mass is 474 g/mol. The summed E-state index contributed by atoms with van der Waals surface area (Å²) in [5, 5.41) is 8.46. The van der Waals surface area contributed by atoms with Crippen LogP contribution in [0.1, 0.15) is 30.6 Å². The summed E-state index contributed by atoms with van der Waals surface area (Å²) in [7, 11) is 2.05. The number of hydrogen-bond acceptors (Lipinski definition) is 4. The molecule has 1 N–H and O–H groups in total. The normalized spacial score (nSPS) is 11.1. The quantitative estimate of drug-likeness (QED) is 0.292. The van der Waals surface area contributed by atoms with Crippen molar-refractivity contribution in [2.24, 2.45) is 5.92 Å². The van der Waals surface area contributed by atoms with Crippen molar-refractivity contribution in [3.63, 3.8) is 0 Å². The second kappa shape index (κ2) is 11.0. The highest BCUT2D eigenvalue weighted by atomic mass is 19.1. The highest BCUT2D eigenvalue weighted by Crippen LogP contribution is 2.30. The molecule has 4 aromatic rings. The number of anilines is 1. The molecule has 0 spiro atoms. The summed E-state index contributed by atoms with van der Waals surface area (Å²) in [5.74, 6) is 0.853. The Morgan fingerprint density at radius 2 is 1.83 bits per heavy atom. The molecule has 35 heavy (non-hydrogen) atoms. The lowest BCUT2D eigenvalue weighted by molar-refractivity contribution is 0.0953. The molecule has 4 rings (SSSR count). The van der Waals surface area contributed by atoms with Gasteiger partial charge in [-0.2, -0.15) is 0 Å². The van der Waals surface area contributed by atoms with Crippen LogP contribution in [0.2, 0.25) is 0 Å². The fourth-order valence-electron chi connectivity index (χ4n) is 3.89. The number of carbonyl (C=O) groups excluding carboxylic acids is 1. The van der Waals surface area contributed by atoms with Gasteiger partial charge in [-0.15, -0.1) is 5.10 Å². The van der Waals surface area contributed by atoms with E-state index in [2.05, 4.69) is 41.3 Å². The van der Waals surface area contributed by atoms with Crippen molar-refractivity contribution in [2.45, 2.75) is 26.8 Å². The summed E-state index contributed by atoms with van der Waals surface area (Å²) in [6, 6.07) is 21.5. The lowest BCUT2D eigenvalue weighted by Crippen LogP contribution is -2.28. The Kier molecular flexibility index (Phi) is 7.65. The zero-order valence-electron chi connectivity index (χ0n) is 20.4. The Morgan fingerprint density at radius 3 is 2.54 bits per heavy atom. The van der Waals surface area contributed by atoms with Gasteiger partial charge in [-0.25, -0.2) is 4.39 Å². The van der Waals surface area contributed by atoms with Crippen LogP contribution >= 0.6 is 0 Å². The lowest BCUT2D eigenvalue weighted by atomic mass is 10.1. The topological polar surface area (TPSA) is 59.4 Å². The van der Waals surface area contributed by atoms with Gasteiger partial charge in [-0.05, 0) is 66.9 Å². The van der Waals surface area contributed by atoms with Crippen molar-refractivity contribution in [3.8, 4) is 11.6 Å². The number of fused-ring (bicyclic) bond motifs is 1. The second-order valence-corrected chi connectivity index (χ2v) is 9.04. The summed E-state index contributed by atoms with van der Waals surface area (Å²) in [5.41, 5.74) is 2.56. The Bertz CT molecular complexity index is 1270. The molecule has 1 amide bonds. The van der Waals surface area contributed by atoms with E-state index in [9.17, 15) is 9.18 Å². The number of ether oxygens (including phenoxy) is 1. The Hall–Kier alpha value is -3.87. The highest BCUT2D eigenvalue weighted by Gasteiger charge is 2.16. The molecule has 0 atom stereocenters. The third-order valence-electron chi connectivity index (χ3n) is 5.70. The number of nitrogens with zero attached hydrogens (tertiary/aromatic N) is 3. The van der Waals surface area contributed by atoms with Gasteiger partial charge in [0.25, 0.3) is 5.91 Å². The third kappa shape index (κ3) is 6.18. The van der Waals surface area contributed by atoms with Crippen molar-refractivity contribution < 1.29 is 13.9 Å². The minimum atomic E-state index is -0.324. The number of nitrogens with one attached hydrogen (secondary N) is 1. The van der Waals surface area contributed by atoms with Crippen molar-refractivity contribution in [1.29, 1.82) is 0 Å². The maximum atomic E-state index is 13.3. The highest BCUT2D eigenvalue weighted by molar-refractivity contribution is 5.98. The standard InChI is InChI=1S/C28H31FN4O2/c1-20(2)19-33-26-18-21(27(34)30-16-7-17-32(3)23-8-5-4-6-9-23)10-15-25(26)28(31-33)35-24-13-11-22(29)12-14-24/h4-6,8-15,18,20H,7,16-17,19H2,1-3H3,(H,30,34). The number of aromatic nitrogens is 2. The molecule has 0 aliphatic heterocycles. The van der Waals surface area contributed by atoms with Crippen LogP contribution in [0.3, 0.4) is 0 Å². The van der Waals surface area contributed by atoms with Gasteiger partial charge in [0.05, 0.1) is 10.9 Å². The molecule has 1 aromatic heterocycles. The molecule has 0 aliphatic carbocycles. The van der Waals surface area contributed by atoms with Crippen LogP contribution in [0.25, 0.3) is 10.9 Å². The molecule has 0 saturated carbocycles. The maximum Gasteiger partial charge on any atom is 0.251 e. The van der Waals surface area contributed by atoms with Crippen LogP contribution in [0.4, 0.5) is 10.1 Å². The predicted octanol–water partition coefficient (Wildman–Crippen LogP) is 5.88. The molecule has 0 fully saturated rings. The van der Waals surface area contributed by atoms with E-state index in [1.54, 1.807) is 18.2 Å². The average molecular weight is 475 g/mol. The molecule has 0 aliphatic rings. The number of hydrogen-bond donors (Lipinski definition) is 1. The molecule has 0 unspecified atom stereocenters. The van der Waals surface area contributed by atoms with Crippen LogP contribution < -0.4 is 15.0 Å². The number of benzene rings is 3. The minimum Gasteiger partial charge on any atom is -0.437 e. The first-order chi connectivity index (χ1) is 16.9. The number of halogens is 1. The number of para-hydroxylation sites is 1. The van der Waals surface area contributed by atoms with Gasteiger partial charge >= 0.3 is 0 Å². The Labute approximate surface area is 205 Å². The average Bonchev–Trinajstić information content (AvgIpc) is 3.19. The smallest absolute Gasteiger partial charge is 0.251 e. The van der Waals surface area contributed by atoms with Crippen LogP contribution in [-0.2, 0) is 6.54 Å². The molecule has 1 heterocycles. The molecule has 182 valence electrons. The van der Waals surface area contributed by atoms with Gasteiger partial charge in [0.15, 0.2) is 0 Å². The van der Waals surface area contributed by atoms with Crippen molar-refractivity contribution >= 4 is 22.5 Å². The van der Waals surface area contributed by atoms with Crippen molar-refractivity contribution in [3.05, 3.63) is 84.2 Å². The van der Waals surface area contributed by atoms with Crippen LogP contribution in [0, 0.1) is 11.7 Å². The third-order valence-corrected chi connectivity index (χ3v) is 5.70. The van der Waals surface area contributed by atoms with E-state index in [0.717, 1.165) is 29.6 Å². The molecule has 0 saturated heterocycles. The largest absolute Gasteiger partial charge is 0.437 e. The van der Waals surface area contributed by atoms with E-state index in [1.165, 1.54) is 12.1 Å². The van der Waals surface area contributed by atoms with Crippen molar-refractivity contribution in [1.82, 2.24) is 15.1 Å². The molecular weight excluding hydrogens is 443 g/mol. The first-order valence-electron chi connectivity index (χ1n) is 11.9. The minimum absolute atomic E-state index is 0.118. The van der Waals surface area contributed by atoms with E-state index < -0.39 is 0 Å². The van der Waals surface area contributed by atoms with E-state index in [4.69, 9.17) is 4.74 Å². The van der Waals surface area contributed by atoms with Gasteiger partial charge in [-0.1, -0.05) is 32.0 Å². The molecule has 6 nitrogen and oxygen atoms in total. The van der Waals surface area contributed by atoms with Gasteiger partial charge in [-0.3, -0.25) is 9.48 Å². The Balaban J connectivity index is 1.45. The van der Waals surface area contributed by atoms with Crippen molar-refractivity contribution in [2.75, 3.05) is 25.0 Å². The summed E-state index contributed by atoms with van der Waals surface area (Å²) in [4.78, 5) is 15.0. The van der Waals surface area contributed by atoms with E-state index >= 15 is 0 Å². The number of carbonyl (C=O) groups is 1. The van der Waals surface area contributed by atoms with E-state index in [0.29, 0.717) is 36.2 Å². The summed E-state index contributed by atoms with van der Waals surface area (Å²) in [6.45, 7) is 6.32. The SMILES string of the molecule is CC(C)Cn1nc(Oc2ccc(F)cc2)c2ccc(C(=O)NCCCN(C)c3ccccc3)cc21. The molecule has 0 radical (unpaired) electrons. The van der Waals surface area contributed by atoms with Crippen LogP contribution in [0.15, 0.2) is 72.8 Å². The van der Waals surface area contributed by atoms with Gasteiger partial charge in [0.1, 0.15) is 11.6 Å². The predicted molar refractivity (Wildman–Crippen MR) is 138 cm³/mol. The number of amides is 1. The van der Waals surface area contributed by atoms with Gasteiger partial charge in [0, 0.05) is 37.9 Å². The van der Waals surface area contributed by atoms with Crippen LogP contribution in [-0.4, -0.2) is 35.8 Å². The number of rotatable bonds is 10. The van der Waals surface area contributed by atoms with Crippen LogP contribution in [0.5, 0.6) is 11.6 Å². The first kappa shape index (κ1) is 24.3. The Morgan fingerprint density at radius 1 is 1.09 bits per heavy atom. The first-order valence-corrected chi connectivity index (χ1v) is 11.9. The van der Waals surface area contributed by atoms with Gasteiger partial charge < -0.3 is 15.0 Å². The molecular formula is C28H31FN4O2. The fourth-order valence-corrected chi connectivity index (χ4v) is 3.89. The summed E-state index contributed by atoms with van der Waals surface area (Å²) < 4.78 is 21.1. The van der Waals surface area contributed by atoms with E-state index in [1.807, 2.05) is 42.1 Å². The van der Waals surface area contributed by atoms with E-state index in [-0.39, 0.29) is 11.7 Å². The second-order valence-electron chi connectivity index (χ2n) is 9.04. The lowest BCUT2D eigenvalue weighted by Gasteiger charge is -2.19.